The Morgan fingerprint density at radius 1 is 0.926 bits per heavy atom. The van der Waals surface area contributed by atoms with Crippen LogP contribution in [0.1, 0.15) is 40.0 Å². The fraction of sp³-hybridized carbons (Fsp3) is 0.500. The van der Waals surface area contributed by atoms with Crippen LogP contribution in [0.2, 0.25) is 0 Å². The fourth-order valence-corrected chi connectivity index (χ4v) is 9.27. The second-order valence-corrected chi connectivity index (χ2v) is 12.5. The Balaban J connectivity index is 1.69. The number of rotatable bonds is 3. The second-order valence-electron chi connectivity index (χ2n) is 8.85. The monoisotopic (exact) mass is 398 g/mol. The Bertz CT molecular complexity index is 693. The Morgan fingerprint density at radius 2 is 1.52 bits per heavy atom. The molecule has 0 amide bonds. The predicted octanol–water partition coefficient (Wildman–Crippen LogP) is 6.00. The molecule has 27 heavy (non-hydrogen) atoms. The van der Waals surface area contributed by atoms with E-state index in [0.717, 1.165) is 5.92 Å². The zero-order valence-electron chi connectivity index (χ0n) is 16.7. The fourth-order valence-electron chi connectivity index (χ4n) is 4.66. The van der Waals surface area contributed by atoms with Gasteiger partial charge in [-0.25, -0.2) is 0 Å². The third kappa shape index (κ3) is 4.29. The molecule has 1 saturated heterocycles. The first kappa shape index (κ1) is 19.5. The van der Waals surface area contributed by atoms with Crippen LogP contribution in [0.3, 0.4) is 0 Å². The molecule has 1 saturated carbocycles. The van der Waals surface area contributed by atoms with Crippen molar-refractivity contribution in [3.8, 4) is 0 Å². The molecule has 1 aliphatic heterocycles. The molecule has 0 N–H and O–H groups in total. The summed E-state index contributed by atoms with van der Waals surface area (Å²) in [5.41, 5.74) is 0.346. The molecule has 0 bridgehead atoms. The van der Waals surface area contributed by atoms with E-state index in [1.807, 2.05) is 0 Å². The highest BCUT2D eigenvalue weighted by atomic mass is 32.2. The minimum atomic E-state index is -0.533. The SMILES string of the molecule is C[C@@H]1CC[C@H]2[C@@H](C1)O[C@@H](P(c1ccccc1)c1ccccc1)SCC2(C)C. The van der Waals surface area contributed by atoms with Crippen molar-refractivity contribution in [3.63, 3.8) is 0 Å². The topological polar surface area (TPSA) is 9.23 Å². The molecule has 3 heteroatoms. The summed E-state index contributed by atoms with van der Waals surface area (Å²) in [6.45, 7) is 7.33. The van der Waals surface area contributed by atoms with Gasteiger partial charge in [0.1, 0.15) is 5.18 Å². The van der Waals surface area contributed by atoms with Gasteiger partial charge in [-0.3, -0.25) is 0 Å². The molecule has 1 heterocycles. The molecule has 0 unspecified atom stereocenters. The van der Waals surface area contributed by atoms with Gasteiger partial charge in [0.2, 0.25) is 0 Å². The highest BCUT2D eigenvalue weighted by molar-refractivity contribution is 8.07. The van der Waals surface area contributed by atoms with Crippen LogP contribution in [-0.2, 0) is 4.74 Å². The van der Waals surface area contributed by atoms with Crippen LogP contribution in [0.5, 0.6) is 0 Å². The van der Waals surface area contributed by atoms with Crippen molar-refractivity contribution in [1.29, 1.82) is 0 Å². The molecule has 1 aliphatic carbocycles. The standard InChI is InChI=1S/C24H31OPS/c1-18-14-15-21-22(16-18)25-23(27-17-24(21,2)3)26(19-10-6-4-7-11-19)20-12-8-5-9-13-20/h4-13,18,21-23H,14-17H2,1-3H3/t18-,21+,22-,23+/m1/s1. The summed E-state index contributed by atoms with van der Waals surface area (Å²) in [5, 5.41) is 3.09. The van der Waals surface area contributed by atoms with Crippen molar-refractivity contribution in [2.75, 3.05) is 5.75 Å². The lowest BCUT2D eigenvalue weighted by atomic mass is 9.68. The van der Waals surface area contributed by atoms with Gasteiger partial charge >= 0.3 is 0 Å². The lowest BCUT2D eigenvalue weighted by Gasteiger charge is -2.42. The number of thioether (sulfide) groups is 1. The average molecular weight is 399 g/mol. The molecule has 2 aliphatic rings. The summed E-state index contributed by atoms with van der Waals surface area (Å²) in [5.74, 6) is 2.66. The first-order valence-corrected chi connectivity index (χ1v) is 12.7. The van der Waals surface area contributed by atoms with Crippen LogP contribution >= 0.6 is 19.7 Å². The number of hydrogen-bond donors (Lipinski definition) is 0. The van der Waals surface area contributed by atoms with Gasteiger partial charge in [0, 0.05) is 5.75 Å². The molecule has 0 aromatic heterocycles. The summed E-state index contributed by atoms with van der Waals surface area (Å²) in [6.07, 6.45) is 4.30. The van der Waals surface area contributed by atoms with Gasteiger partial charge in [-0.2, -0.15) is 0 Å². The summed E-state index contributed by atoms with van der Waals surface area (Å²) >= 11 is 2.06. The molecule has 1 nitrogen and oxygen atoms in total. The molecule has 2 fully saturated rings. The first-order valence-electron chi connectivity index (χ1n) is 10.2. The van der Waals surface area contributed by atoms with Gasteiger partial charge in [0.15, 0.2) is 0 Å². The smallest absolute Gasteiger partial charge is 0.130 e. The van der Waals surface area contributed by atoms with Gasteiger partial charge in [-0.05, 0) is 48.6 Å². The molecular weight excluding hydrogens is 367 g/mol. The number of benzene rings is 2. The van der Waals surface area contributed by atoms with Crippen molar-refractivity contribution in [2.24, 2.45) is 17.3 Å². The van der Waals surface area contributed by atoms with Crippen LogP contribution in [-0.4, -0.2) is 17.0 Å². The van der Waals surface area contributed by atoms with E-state index in [1.165, 1.54) is 35.6 Å². The highest BCUT2D eigenvalue weighted by Gasteiger charge is 2.45. The van der Waals surface area contributed by atoms with Crippen LogP contribution in [0.15, 0.2) is 60.7 Å². The van der Waals surface area contributed by atoms with Crippen molar-refractivity contribution in [3.05, 3.63) is 60.7 Å². The van der Waals surface area contributed by atoms with Crippen LogP contribution in [0, 0.1) is 17.3 Å². The molecule has 0 spiro atoms. The minimum Gasteiger partial charge on any atom is -0.359 e. The van der Waals surface area contributed by atoms with E-state index in [4.69, 9.17) is 4.74 Å². The molecular formula is C24H31OPS. The van der Waals surface area contributed by atoms with Crippen molar-refractivity contribution in [2.45, 2.75) is 51.3 Å². The van der Waals surface area contributed by atoms with Crippen molar-refractivity contribution in [1.82, 2.24) is 0 Å². The maximum Gasteiger partial charge on any atom is 0.130 e. The van der Waals surface area contributed by atoms with Gasteiger partial charge in [0.05, 0.1) is 6.10 Å². The highest BCUT2D eigenvalue weighted by Crippen LogP contribution is 2.54. The van der Waals surface area contributed by atoms with Gasteiger partial charge in [0.25, 0.3) is 0 Å². The van der Waals surface area contributed by atoms with E-state index in [0.29, 0.717) is 17.4 Å². The number of ether oxygens (including phenoxy) is 1. The minimum absolute atomic E-state index is 0.240. The summed E-state index contributed by atoms with van der Waals surface area (Å²) in [6, 6.07) is 22.1. The van der Waals surface area contributed by atoms with Crippen LogP contribution < -0.4 is 10.6 Å². The maximum atomic E-state index is 6.98. The number of fused-ring (bicyclic) bond motifs is 1. The Morgan fingerprint density at radius 3 is 2.11 bits per heavy atom. The second kappa shape index (κ2) is 8.27. The largest absolute Gasteiger partial charge is 0.359 e. The zero-order chi connectivity index (χ0) is 18.9. The Hall–Kier alpha value is -0.820. The van der Waals surface area contributed by atoms with E-state index in [1.54, 1.807) is 0 Å². The van der Waals surface area contributed by atoms with Crippen LogP contribution in [0.25, 0.3) is 0 Å². The summed E-state index contributed by atoms with van der Waals surface area (Å²) in [4.78, 5) is 0. The van der Waals surface area contributed by atoms with Gasteiger partial charge < -0.3 is 4.74 Å². The number of hydrogen-bond acceptors (Lipinski definition) is 2. The van der Waals surface area contributed by atoms with E-state index in [-0.39, 0.29) is 5.18 Å². The third-order valence-electron chi connectivity index (χ3n) is 6.23. The maximum absolute atomic E-state index is 6.98. The van der Waals surface area contributed by atoms with E-state index >= 15 is 0 Å². The molecule has 4 rings (SSSR count). The molecule has 4 atom stereocenters. The Labute approximate surface area is 170 Å². The first-order chi connectivity index (χ1) is 13.0. The summed E-state index contributed by atoms with van der Waals surface area (Å²) in [7, 11) is -0.533. The van der Waals surface area contributed by atoms with Crippen molar-refractivity contribution >= 4 is 30.3 Å². The third-order valence-corrected chi connectivity index (χ3v) is 10.9. The predicted molar refractivity (Wildman–Crippen MR) is 120 cm³/mol. The van der Waals surface area contributed by atoms with Crippen LogP contribution in [0.4, 0.5) is 0 Å². The molecule has 144 valence electrons. The van der Waals surface area contributed by atoms with Gasteiger partial charge in [-0.15, -0.1) is 11.8 Å². The summed E-state index contributed by atoms with van der Waals surface area (Å²) < 4.78 is 6.98. The van der Waals surface area contributed by atoms with Gasteiger partial charge in [-0.1, -0.05) is 87.9 Å². The molecule has 0 radical (unpaired) electrons. The van der Waals surface area contributed by atoms with E-state index < -0.39 is 7.92 Å². The quantitative estimate of drug-likeness (QED) is 0.587. The lowest BCUT2D eigenvalue weighted by Crippen LogP contribution is -2.40. The lowest BCUT2D eigenvalue weighted by molar-refractivity contribution is -0.0426. The molecule has 2 aromatic carbocycles. The van der Waals surface area contributed by atoms with E-state index in [2.05, 4.69) is 93.2 Å². The average Bonchev–Trinajstić information content (AvgIpc) is 2.80. The normalized spacial score (nSPS) is 30.5. The van der Waals surface area contributed by atoms with Crippen molar-refractivity contribution < 1.29 is 4.74 Å². The Kier molecular flexibility index (Phi) is 5.97. The van der Waals surface area contributed by atoms with E-state index in [9.17, 15) is 0 Å². The zero-order valence-corrected chi connectivity index (χ0v) is 18.4. The molecule has 2 aromatic rings.